The first kappa shape index (κ1) is 20.4. The molecule has 0 spiro atoms. The number of rotatable bonds is 5. The van der Waals surface area contributed by atoms with Crippen LogP contribution in [0.5, 0.6) is 0 Å². The van der Waals surface area contributed by atoms with Crippen LogP contribution in [0.1, 0.15) is 24.0 Å². The van der Waals surface area contributed by atoms with Crippen molar-refractivity contribution in [2.75, 3.05) is 17.8 Å². The summed E-state index contributed by atoms with van der Waals surface area (Å²) in [5, 5.41) is 2.46. The molecule has 0 amide bonds. The molecule has 0 atom stereocenters. The monoisotopic (exact) mass is 510 g/mol. The minimum Gasteiger partial charge on any atom is -0.317 e. The zero-order valence-electron chi connectivity index (χ0n) is 14.2. The number of anilines is 1. The molecule has 0 radical (unpaired) electrons. The van der Waals surface area contributed by atoms with E-state index in [1.807, 2.05) is 22.6 Å². The topological polar surface area (TPSA) is 58.2 Å². The van der Waals surface area contributed by atoms with Crippen molar-refractivity contribution < 1.29 is 21.6 Å². The maximum Gasteiger partial charge on any atom is 0.235 e. The molecule has 1 aliphatic heterocycles. The molecular weight excluding hydrogens is 492 g/mol. The summed E-state index contributed by atoms with van der Waals surface area (Å²) >= 11 is 1.94. The van der Waals surface area contributed by atoms with Gasteiger partial charge in [-0.25, -0.2) is 21.6 Å². The standard InChI is InChI=1S/C18H18F3IN2O2S/c19-15-3-4-17(24-27(25,26)13-5-7-23-8-6-13)14(18(15)21)9-11-1-2-12(22)10-16(11)20/h1-4,10,13,23-24H,5-9H2. The van der Waals surface area contributed by atoms with Crippen molar-refractivity contribution in [2.45, 2.75) is 24.5 Å². The Bertz CT molecular complexity index is 948. The molecule has 0 unspecified atom stereocenters. The molecule has 1 heterocycles. The molecule has 0 bridgehead atoms. The van der Waals surface area contributed by atoms with Gasteiger partial charge < -0.3 is 5.32 Å². The number of piperidine rings is 1. The predicted octanol–water partition coefficient (Wildman–Crippen LogP) is 3.79. The molecule has 4 nitrogen and oxygen atoms in total. The summed E-state index contributed by atoms with van der Waals surface area (Å²) in [4.78, 5) is 0. The van der Waals surface area contributed by atoms with E-state index in [9.17, 15) is 21.6 Å². The van der Waals surface area contributed by atoms with E-state index < -0.39 is 32.7 Å². The predicted molar refractivity (Wildman–Crippen MR) is 107 cm³/mol. The lowest BCUT2D eigenvalue weighted by Crippen LogP contribution is -2.38. The number of benzene rings is 2. The molecule has 0 saturated carbocycles. The van der Waals surface area contributed by atoms with Crippen LogP contribution >= 0.6 is 22.6 Å². The Morgan fingerprint density at radius 1 is 1.07 bits per heavy atom. The molecule has 2 N–H and O–H groups in total. The summed E-state index contributed by atoms with van der Waals surface area (Å²) in [6.07, 6.45) is 0.594. The van der Waals surface area contributed by atoms with Gasteiger partial charge in [0, 0.05) is 15.6 Å². The summed E-state index contributed by atoms with van der Waals surface area (Å²) in [5.41, 5.74) is -0.125. The third-order valence-electron chi connectivity index (χ3n) is 4.56. The fourth-order valence-corrected chi connectivity index (χ4v) is 5.03. The van der Waals surface area contributed by atoms with E-state index in [1.54, 1.807) is 6.07 Å². The van der Waals surface area contributed by atoms with Crippen LogP contribution in [0.25, 0.3) is 0 Å². The van der Waals surface area contributed by atoms with Gasteiger partial charge in [-0.1, -0.05) is 6.07 Å². The van der Waals surface area contributed by atoms with E-state index in [-0.39, 0.29) is 23.2 Å². The normalized spacial score (nSPS) is 15.7. The van der Waals surface area contributed by atoms with E-state index in [0.29, 0.717) is 29.5 Å². The Kier molecular flexibility index (Phi) is 6.32. The first-order valence-electron chi connectivity index (χ1n) is 8.41. The zero-order chi connectivity index (χ0) is 19.6. The van der Waals surface area contributed by atoms with Crippen LogP contribution in [0, 0.1) is 21.0 Å². The Balaban J connectivity index is 1.95. The Hall–Kier alpha value is -1.33. The van der Waals surface area contributed by atoms with Gasteiger partial charge in [0.1, 0.15) is 5.82 Å². The van der Waals surface area contributed by atoms with E-state index in [1.165, 1.54) is 18.2 Å². The second kappa shape index (κ2) is 8.36. The van der Waals surface area contributed by atoms with Crippen LogP contribution in [0.15, 0.2) is 30.3 Å². The molecule has 27 heavy (non-hydrogen) atoms. The van der Waals surface area contributed by atoms with Crippen molar-refractivity contribution >= 4 is 38.3 Å². The largest absolute Gasteiger partial charge is 0.317 e. The van der Waals surface area contributed by atoms with E-state index in [2.05, 4.69) is 10.0 Å². The smallest absolute Gasteiger partial charge is 0.235 e. The molecule has 1 saturated heterocycles. The third-order valence-corrected chi connectivity index (χ3v) is 7.08. The van der Waals surface area contributed by atoms with Crippen molar-refractivity contribution in [1.29, 1.82) is 0 Å². The van der Waals surface area contributed by atoms with Gasteiger partial charge in [0.2, 0.25) is 10.0 Å². The molecule has 146 valence electrons. The molecule has 1 fully saturated rings. The highest BCUT2D eigenvalue weighted by Gasteiger charge is 2.28. The minimum absolute atomic E-state index is 0.0645. The first-order valence-corrected chi connectivity index (χ1v) is 11.0. The number of hydrogen-bond acceptors (Lipinski definition) is 3. The van der Waals surface area contributed by atoms with Gasteiger partial charge in [-0.3, -0.25) is 4.72 Å². The summed E-state index contributed by atoms with van der Waals surface area (Å²) in [7, 11) is -3.77. The maximum absolute atomic E-state index is 14.4. The molecule has 0 aliphatic carbocycles. The van der Waals surface area contributed by atoms with Crippen LogP contribution in [-0.4, -0.2) is 26.8 Å². The third kappa shape index (κ3) is 4.75. The number of nitrogens with one attached hydrogen (secondary N) is 2. The molecule has 1 aliphatic rings. The van der Waals surface area contributed by atoms with Crippen molar-refractivity contribution in [1.82, 2.24) is 5.32 Å². The summed E-state index contributed by atoms with van der Waals surface area (Å²) < 4.78 is 70.7. The summed E-state index contributed by atoms with van der Waals surface area (Å²) in [6.45, 7) is 1.15. The van der Waals surface area contributed by atoms with Crippen LogP contribution in [0.4, 0.5) is 18.9 Å². The lowest BCUT2D eigenvalue weighted by atomic mass is 10.0. The van der Waals surface area contributed by atoms with Crippen LogP contribution in [0.3, 0.4) is 0 Å². The fourth-order valence-electron chi connectivity index (χ4n) is 3.06. The van der Waals surface area contributed by atoms with Crippen molar-refractivity contribution in [3.63, 3.8) is 0 Å². The van der Waals surface area contributed by atoms with Gasteiger partial charge >= 0.3 is 0 Å². The van der Waals surface area contributed by atoms with Crippen LogP contribution < -0.4 is 10.0 Å². The number of halogens is 4. The number of sulfonamides is 1. The highest BCUT2D eigenvalue weighted by atomic mass is 127. The SMILES string of the molecule is O=S(=O)(Nc1ccc(F)c(F)c1Cc1ccc(I)cc1F)C1CCNCC1. The minimum atomic E-state index is -3.77. The maximum atomic E-state index is 14.4. The van der Waals surface area contributed by atoms with Gasteiger partial charge in [0.15, 0.2) is 11.6 Å². The lowest BCUT2D eigenvalue weighted by molar-refractivity contribution is 0.497. The quantitative estimate of drug-likeness (QED) is 0.603. The lowest BCUT2D eigenvalue weighted by Gasteiger charge is -2.24. The van der Waals surface area contributed by atoms with Crippen molar-refractivity contribution in [2.24, 2.45) is 0 Å². The van der Waals surface area contributed by atoms with Crippen LogP contribution in [-0.2, 0) is 16.4 Å². The fraction of sp³-hybridized carbons (Fsp3) is 0.333. The summed E-state index contributed by atoms with van der Waals surface area (Å²) in [6, 6.07) is 6.45. The Morgan fingerprint density at radius 2 is 1.78 bits per heavy atom. The Labute approximate surface area is 169 Å². The second-order valence-corrected chi connectivity index (χ2v) is 9.60. The van der Waals surface area contributed by atoms with E-state index >= 15 is 0 Å². The van der Waals surface area contributed by atoms with Gasteiger partial charge in [0.25, 0.3) is 0 Å². The second-order valence-electron chi connectivity index (χ2n) is 6.40. The van der Waals surface area contributed by atoms with E-state index in [0.717, 1.165) is 6.07 Å². The highest BCUT2D eigenvalue weighted by molar-refractivity contribution is 14.1. The molecule has 2 aromatic carbocycles. The highest BCUT2D eigenvalue weighted by Crippen LogP contribution is 2.28. The van der Waals surface area contributed by atoms with Crippen molar-refractivity contribution in [3.05, 3.63) is 62.5 Å². The molecule has 9 heteroatoms. The van der Waals surface area contributed by atoms with Crippen LogP contribution in [0.2, 0.25) is 0 Å². The van der Waals surface area contributed by atoms with Crippen molar-refractivity contribution in [3.8, 4) is 0 Å². The zero-order valence-corrected chi connectivity index (χ0v) is 17.2. The Morgan fingerprint density at radius 3 is 2.44 bits per heavy atom. The van der Waals surface area contributed by atoms with E-state index in [4.69, 9.17) is 0 Å². The van der Waals surface area contributed by atoms with Gasteiger partial charge in [-0.05, 0) is 78.4 Å². The summed E-state index contributed by atoms with van der Waals surface area (Å²) in [5.74, 6) is -2.85. The molecule has 2 aromatic rings. The first-order chi connectivity index (χ1) is 12.8. The molecule has 0 aromatic heterocycles. The van der Waals surface area contributed by atoms with Gasteiger partial charge in [-0.15, -0.1) is 0 Å². The molecular formula is C18H18F3IN2O2S. The van der Waals surface area contributed by atoms with Gasteiger partial charge in [-0.2, -0.15) is 0 Å². The average Bonchev–Trinajstić information content (AvgIpc) is 2.63. The average molecular weight is 510 g/mol. The van der Waals surface area contributed by atoms with Gasteiger partial charge in [0.05, 0.1) is 10.9 Å². The molecule has 3 rings (SSSR count). The number of hydrogen-bond donors (Lipinski definition) is 2.